The van der Waals surface area contributed by atoms with Gasteiger partial charge in [-0.2, -0.15) is 0 Å². The highest BCUT2D eigenvalue weighted by atomic mass is 31.2. The minimum Gasteiger partial charge on any atom is -0.322 e. The molecule has 0 aromatic heterocycles. The molecule has 11 heavy (non-hydrogen) atoms. The van der Waals surface area contributed by atoms with Gasteiger partial charge in [0.15, 0.2) is 0 Å². The smallest absolute Gasteiger partial charge is 0.101 e. The molecule has 1 N–H and O–H groups in total. The molecule has 1 fully saturated rings. The fraction of sp³-hybridized carbons (Fsp3) is 1.00. The van der Waals surface area contributed by atoms with Crippen LogP contribution >= 0.6 is 7.14 Å². The van der Waals surface area contributed by atoms with Gasteiger partial charge in [0, 0.05) is 0 Å². The zero-order chi connectivity index (χ0) is 8.54. The Morgan fingerprint density at radius 2 is 2.00 bits per heavy atom. The lowest BCUT2D eigenvalue weighted by Crippen LogP contribution is -2.45. The molecule has 0 aliphatic carbocycles. The Kier molecular flexibility index (Phi) is 2.46. The molecule has 1 heterocycles. The molecule has 0 bridgehead atoms. The molecule has 1 unspecified atom stereocenters. The van der Waals surface area contributed by atoms with Crippen molar-refractivity contribution in [3.8, 4) is 0 Å². The van der Waals surface area contributed by atoms with E-state index in [1.54, 1.807) is 0 Å². The largest absolute Gasteiger partial charge is 0.322 e. The van der Waals surface area contributed by atoms with E-state index in [1.165, 1.54) is 12.8 Å². The maximum atomic E-state index is 11.8. The van der Waals surface area contributed by atoms with Gasteiger partial charge in [-0.1, -0.05) is 0 Å². The summed E-state index contributed by atoms with van der Waals surface area (Å²) in [7, 11) is -1.96. The number of rotatable bonds is 1. The molecule has 0 aromatic carbocycles. The van der Waals surface area contributed by atoms with Crippen molar-refractivity contribution >= 4 is 7.14 Å². The highest BCUT2D eigenvalue weighted by molar-refractivity contribution is 7.63. The monoisotopic (exact) mass is 175 g/mol. The zero-order valence-corrected chi connectivity index (χ0v) is 8.58. The first-order valence-electron chi connectivity index (χ1n) is 4.26. The molecule has 2 nitrogen and oxygen atoms in total. The average molecular weight is 175 g/mol. The fourth-order valence-corrected chi connectivity index (χ4v) is 2.69. The Hall–Kier alpha value is 0.190. The minimum atomic E-state index is -1.96. The van der Waals surface area contributed by atoms with Crippen LogP contribution in [0.25, 0.3) is 0 Å². The maximum absolute atomic E-state index is 11.8. The van der Waals surface area contributed by atoms with Crippen molar-refractivity contribution in [1.29, 1.82) is 0 Å². The molecule has 1 aliphatic heterocycles. The Morgan fingerprint density at radius 1 is 1.36 bits per heavy atom. The molecule has 0 radical (unpaired) electrons. The summed E-state index contributed by atoms with van der Waals surface area (Å²) in [5, 5.41) is 3.29. The molecular formula is C8H18NOP. The Bertz CT molecular complexity index is 179. The highest BCUT2D eigenvalue weighted by Gasteiger charge is 2.37. The van der Waals surface area contributed by atoms with Gasteiger partial charge in [0.2, 0.25) is 0 Å². The van der Waals surface area contributed by atoms with Crippen LogP contribution in [-0.2, 0) is 4.57 Å². The lowest BCUT2D eigenvalue weighted by atomic mass is 10.1. The second-order valence-corrected chi connectivity index (χ2v) is 7.70. The van der Waals surface area contributed by atoms with Crippen LogP contribution < -0.4 is 5.32 Å². The van der Waals surface area contributed by atoms with E-state index < -0.39 is 7.14 Å². The van der Waals surface area contributed by atoms with Crippen molar-refractivity contribution in [3.63, 3.8) is 0 Å². The Morgan fingerprint density at radius 3 is 2.27 bits per heavy atom. The van der Waals surface area contributed by atoms with Gasteiger partial charge in [0.05, 0.1) is 5.28 Å². The average Bonchev–Trinajstić information content (AvgIpc) is 1.87. The van der Waals surface area contributed by atoms with E-state index in [-0.39, 0.29) is 5.28 Å². The molecule has 0 spiro atoms. The van der Waals surface area contributed by atoms with Crippen LogP contribution in [0, 0.1) is 0 Å². The molecule has 1 aliphatic rings. The van der Waals surface area contributed by atoms with Crippen molar-refractivity contribution in [2.75, 3.05) is 19.9 Å². The lowest BCUT2D eigenvalue weighted by Gasteiger charge is -2.38. The summed E-state index contributed by atoms with van der Waals surface area (Å²) in [4.78, 5) is 0. The van der Waals surface area contributed by atoms with Crippen LogP contribution in [0.3, 0.4) is 0 Å². The van der Waals surface area contributed by atoms with Crippen molar-refractivity contribution in [2.45, 2.75) is 31.5 Å². The first kappa shape index (κ1) is 9.28. The van der Waals surface area contributed by atoms with Crippen LogP contribution in [0.15, 0.2) is 0 Å². The second-order valence-electron chi connectivity index (χ2n) is 4.01. The summed E-state index contributed by atoms with van der Waals surface area (Å²) in [5.74, 6) is 0. The molecule has 3 heteroatoms. The van der Waals surface area contributed by atoms with Gasteiger partial charge in [0.1, 0.15) is 7.14 Å². The predicted molar refractivity (Wildman–Crippen MR) is 49.7 cm³/mol. The van der Waals surface area contributed by atoms with Crippen molar-refractivity contribution in [1.82, 2.24) is 5.32 Å². The summed E-state index contributed by atoms with van der Waals surface area (Å²) >= 11 is 0. The minimum absolute atomic E-state index is 0.0781. The summed E-state index contributed by atoms with van der Waals surface area (Å²) < 4.78 is 11.8. The topological polar surface area (TPSA) is 29.1 Å². The molecule has 66 valence electrons. The van der Waals surface area contributed by atoms with E-state index in [4.69, 9.17) is 0 Å². The van der Waals surface area contributed by atoms with Crippen molar-refractivity contribution in [2.24, 2.45) is 0 Å². The number of hydrogen-bond acceptors (Lipinski definition) is 2. The molecule has 1 saturated heterocycles. The van der Waals surface area contributed by atoms with E-state index in [1.807, 2.05) is 13.3 Å². The normalized spacial score (nSPS) is 33.7. The number of nitrogens with one attached hydrogen (secondary N) is 1. The van der Waals surface area contributed by atoms with Gasteiger partial charge in [-0.25, -0.2) is 0 Å². The van der Waals surface area contributed by atoms with E-state index in [0.717, 1.165) is 13.0 Å². The van der Waals surface area contributed by atoms with Crippen LogP contribution in [-0.4, -0.2) is 25.2 Å². The third-order valence-electron chi connectivity index (χ3n) is 2.78. The third-order valence-corrected chi connectivity index (χ3v) is 5.54. The summed E-state index contributed by atoms with van der Waals surface area (Å²) in [6.07, 6.45) is 3.52. The van der Waals surface area contributed by atoms with E-state index in [0.29, 0.717) is 0 Å². The number of hydrogen-bond donors (Lipinski definition) is 1. The van der Waals surface area contributed by atoms with Crippen LogP contribution in [0.2, 0.25) is 0 Å². The summed E-state index contributed by atoms with van der Waals surface area (Å²) in [6.45, 7) is 6.88. The van der Waals surface area contributed by atoms with Gasteiger partial charge < -0.3 is 9.88 Å². The van der Waals surface area contributed by atoms with Crippen LogP contribution in [0.1, 0.15) is 26.2 Å². The third kappa shape index (κ3) is 1.86. The SMILES string of the molecule is CC1(P(C)(C)=O)CCCCN1. The molecule has 0 amide bonds. The Balaban J connectivity index is 2.72. The number of piperidine rings is 1. The fourth-order valence-electron chi connectivity index (χ4n) is 1.50. The molecule has 0 aromatic rings. The van der Waals surface area contributed by atoms with Crippen LogP contribution in [0.4, 0.5) is 0 Å². The highest BCUT2D eigenvalue weighted by Crippen LogP contribution is 2.52. The van der Waals surface area contributed by atoms with Gasteiger partial charge in [0.25, 0.3) is 0 Å². The molecular weight excluding hydrogens is 157 g/mol. The van der Waals surface area contributed by atoms with E-state index in [2.05, 4.69) is 12.2 Å². The predicted octanol–water partition coefficient (Wildman–Crippen LogP) is 2.10. The van der Waals surface area contributed by atoms with E-state index in [9.17, 15) is 4.57 Å². The second kappa shape index (κ2) is 2.91. The van der Waals surface area contributed by atoms with Crippen molar-refractivity contribution in [3.05, 3.63) is 0 Å². The Labute approximate surface area is 69.1 Å². The standard InChI is InChI=1S/C8H18NOP/c1-8(11(2,3)10)6-4-5-7-9-8/h9H,4-7H2,1-3H3. The lowest BCUT2D eigenvalue weighted by molar-refractivity contribution is 0.366. The van der Waals surface area contributed by atoms with E-state index >= 15 is 0 Å². The van der Waals surface area contributed by atoms with Gasteiger partial charge in [-0.05, 0) is 46.1 Å². The molecule has 1 atom stereocenters. The van der Waals surface area contributed by atoms with Gasteiger partial charge >= 0.3 is 0 Å². The summed E-state index contributed by atoms with van der Waals surface area (Å²) in [6, 6.07) is 0. The van der Waals surface area contributed by atoms with Gasteiger partial charge in [-0.3, -0.25) is 0 Å². The van der Waals surface area contributed by atoms with Crippen LogP contribution in [0.5, 0.6) is 0 Å². The molecule has 0 saturated carbocycles. The maximum Gasteiger partial charge on any atom is 0.101 e. The first-order valence-corrected chi connectivity index (χ1v) is 6.86. The van der Waals surface area contributed by atoms with Crippen molar-refractivity contribution < 1.29 is 4.57 Å². The summed E-state index contributed by atoms with van der Waals surface area (Å²) in [5.41, 5.74) is 0. The first-order chi connectivity index (χ1) is 4.96. The zero-order valence-electron chi connectivity index (χ0n) is 7.68. The molecule has 1 rings (SSSR count). The van der Waals surface area contributed by atoms with Gasteiger partial charge in [-0.15, -0.1) is 0 Å². The quantitative estimate of drug-likeness (QED) is 0.618.